The van der Waals surface area contributed by atoms with Gasteiger partial charge in [-0.05, 0) is 31.2 Å². The van der Waals surface area contributed by atoms with Gasteiger partial charge in [0.15, 0.2) is 11.5 Å². The molecule has 0 atom stereocenters. The van der Waals surface area contributed by atoms with E-state index in [0.29, 0.717) is 29.5 Å². The van der Waals surface area contributed by atoms with Crippen LogP contribution in [-0.2, 0) is 0 Å². The van der Waals surface area contributed by atoms with Gasteiger partial charge in [0, 0.05) is 17.8 Å². The van der Waals surface area contributed by atoms with Gasteiger partial charge in [-0.1, -0.05) is 6.07 Å². The molecule has 2 aromatic carbocycles. The predicted octanol–water partition coefficient (Wildman–Crippen LogP) is 3.70. The molecule has 0 bridgehead atoms. The van der Waals surface area contributed by atoms with Crippen LogP contribution in [0.4, 0.5) is 10.1 Å². The Hall–Kier alpha value is -2.56. The van der Waals surface area contributed by atoms with Gasteiger partial charge in [-0.2, -0.15) is 0 Å². The maximum Gasteiger partial charge on any atom is 0.231 e. The minimum atomic E-state index is -0.319. The molecule has 0 radical (unpaired) electrons. The van der Waals surface area contributed by atoms with E-state index in [2.05, 4.69) is 4.99 Å². The van der Waals surface area contributed by atoms with Crippen LogP contribution in [0, 0.1) is 5.82 Å². The first-order valence-corrected chi connectivity index (χ1v) is 6.62. The fourth-order valence-corrected chi connectivity index (χ4v) is 2.02. The molecule has 1 aliphatic heterocycles. The first-order chi connectivity index (χ1) is 10.3. The third kappa shape index (κ3) is 2.97. The third-order valence-electron chi connectivity index (χ3n) is 2.97. The monoisotopic (exact) mass is 287 g/mol. The molecule has 0 amide bonds. The molecule has 0 saturated carbocycles. The standard InChI is InChI=1S/C16H14FNO3/c1-2-19-14-8-16-15(20-10-21-16)6-11(14)9-18-13-5-3-4-12(17)7-13/h3-9H,2,10H2,1H3. The van der Waals surface area contributed by atoms with Crippen molar-refractivity contribution in [2.45, 2.75) is 6.92 Å². The van der Waals surface area contributed by atoms with E-state index in [1.165, 1.54) is 12.1 Å². The van der Waals surface area contributed by atoms with Gasteiger partial charge in [0.05, 0.1) is 12.3 Å². The lowest BCUT2D eigenvalue weighted by atomic mass is 10.2. The minimum absolute atomic E-state index is 0.200. The molecule has 0 spiro atoms. The summed E-state index contributed by atoms with van der Waals surface area (Å²) in [5.74, 6) is 1.64. The fourth-order valence-electron chi connectivity index (χ4n) is 2.02. The van der Waals surface area contributed by atoms with E-state index in [1.807, 2.05) is 6.92 Å². The van der Waals surface area contributed by atoms with Crippen LogP contribution in [-0.4, -0.2) is 19.6 Å². The van der Waals surface area contributed by atoms with Crippen LogP contribution in [0.15, 0.2) is 41.4 Å². The Kier molecular flexibility index (Phi) is 3.73. The highest BCUT2D eigenvalue weighted by Crippen LogP contribution is 2.37. The van der Waals surface area contributed by atoms with Gasteiger partial charge in [0.2, 0.25) is 6.79 Å². The van der Waals surface area contributed by atoms with Crippen molar-refractivity contribution in [1.29, 1.82) is 0 Å². The molecular formula is C16H14FNO3. The van der Waals surface area contributed by atoms with Crippen molar-refractivity contribution in [3.63, 3.8) is 0 Å². The number of nitrogens with zero attached hydrogens (tertiary/aromatic N) is 1. The van der Waals surface area contributed by atoms with Crippen molar-refractivity contribution in [3.05, 3.63) is 47.8 Å². The largest absolute Gasteiger partial charge is 0.493 e. The van der Waals surface area contributed by atoms with Crippen molar-refractivity contribution >= 4 is 11.9 Å². The number of benzene rings is 2. The molecule has 0 fully saturated rings. The number of aliphatic imine (C=N–C) groups is 1. The summed E-state index contributed by atoms with van der Waals surface area (Å²) in [6.45, 7) is 2.63. The zero-order valence-electron chi connectivity index (χ0n) is 11.5. The summed E-state index contributed by atoms with van der Waals surface area (Å²) >= 11 is 0. The predicted molar refractivity (Wildman–Crippen MR) is 77.4 cm³/mol. The number of hydrogen-bond acceptors (Lipinski definition) is 4. The Balaban J connectivity index is 1.93. The summed E-state index contributed by atoms with van der Waals surface area (Å²) in [7, 11) is 0. The average Bonchev–Trinajstić information content (AvgIpc) is 2.92. The van der Waals surface area contributed by atoms with E-state index in [9.17, 15) is 4.39 Å². The second-order valence-electron chi connectivity index (χ2n) is 4.41. The van der Waals surface area contributed by atoms with Crippen molar-refractivity contribution in [2.24, 2.45) is 4.99 Å². The van der Waals surface area contributed by atoms with Gasteiger partial charge in [0.1, 0.15) is 11.6 Å². The Labute approximate surface area is 121 Å². The van der Waals surface area contributed by atoms with Crippen molar-refractivity contribution in [2.75, 3.05) is 13.4 Å². The summed E-state index contributed by atoms with van der Waals surface area (Å²) in [6.07, 6.45) is 1.63. The van der Waals surface area contributed by atoms with Crippen molar-refractivity contribution < 1.29 is 18.6 Å². The van der Waals surface area contributed by atoms with Crippen LogP contribution in [0.2, 0.25) is 0 Å². The molecular weight excluding hydrogens is 273 g/mol. The van der Waals surface area contributed by atoms with Crippen LogP contribution in [0.25, 0.3) is 0 Å². The van der Waals surface area contributed by atoms with E-state index in [4.69, 9.17) is 14.2 Å². The molecule has 108 valence electrons. The topological polar surface area (TPSA) is 40.0 Å². The highest BCUT2D eigenvalue weighted by Gasteiger charge is 2.17. The second-order valence-corrected chi connectivity index (χ2v) is 4.41. The second kappa shape index (κ2) is 5.83. The number of halogens is 1. The minimum Gasteiger partial charge on any atom is -0.493 e. The summed E-state index contributed by atoms with van der Waals surface area (Å²) < 4.78 is 29.4. The fraction of sp³-hybridized carbons (Fsp3) is 0.188. The van der Waals surface area contributed by atoms with Crippen LogP contribution in [0.5, 0.6) is 17.2 Å². The summed E-state index contributed by atoms with van der Waals surface area (Å²) in [6, 6.07) is 9.67. The molecule has 3 rings (SSSR count). The molecule has 5 heteroatoms. The van der Waals surface area contributed by atoms with Crippen LogP contribution >= 0.6 is 0 Å². The van der Waals surface area contributed by atoms with E-state index in [0.717, 1.165) is 5.56 Å². The van der Waals surface area contributed by atoms with Crippen LogP contribution in [0.1, 0.15) is 12.5 Å². The van der Waals surface area contributed by atoms with E-state index < -0.39 is 0 Å². The number of ether oxygens (including phenoxy) is 3. The smallest absolute Gasteiger partial charge is 0.231 e. The van der Waals surface area contributed by atoms with Gasteiger partial charge >= 0.3 is 0 Å². The van der Waals surface area contributed by atoms with Crippen molar-refractivity contribution in [1.82, 2.24) is 0 Å². The molecule has 1 aliphatic rings. The zero-order valence-corrected chi connectivity index (χ0v) is 11.5. The third-order valence-corrected chi connectivity index (χ3v) is 2.97. The molecule has 4 nitrogen and oxygen atoms in total. The first kappa shape index (κ1) is 13.4. The molecule has 0 saturated heterocycles. The zero-order chi connectivity index (χ0) is 14.7. The average molecular weight is 287 g/mol. The first-order valence-electron chi connectivity index (χ1n) is 6.62. The van der Waals surface area contributed by atoms with Crippen LogP contribution in [0.3, 0.4) is 0 Å². The molecule has 21 heavy (non-hydrogen) atoms. The lowest BCUT2D eigenvalue weighted by Gasteiger charge is -2.08. The number of rotatable bonds is 4. The maximum absolute atomic E-state index is 13.1. The number of hydrogen-bond donors (Lipinski definition) is 0. The Morgan fingerprint density at radius 2 is 2.05 bits per heavy atom. The van der Waals surface area contributed by atoms with Crippen molar-refractivity contribution in [3.8, 4) is 17.2 Å². The maximum atomic E-state index is 13.1. The molecule has 0 N–H and O–H groups in total. The SMILES string of the molecule is CCOc1cc2c(cc1C=Nc1cccc(F)c1)OCO2. The van der Waals surface area contributed by atoms with E-state index in [-0.39, 0.29) is 12.6 Å². The lowest BCUT2D eigenvalue weighted by Crippen LogP contribution is -1.96. The van der Waals surface area contributed by atoms with Gasteiger partial charge in [0.25, 0.3) is 0 Å². The molecule has 1 heterocycles. The van der Waals surface area contributed by atoms with E-state index in [1.54, 1.807) is 30.5 Å². The van der Waals surface area contributed by atoms with Gasteiger partial charge in [-0.3, -0.25) is 4.99 Å². The number of fused-ring (bicyclic) bond motifs is 1. The highest BCUT2D eigenvalue weighted by molar-refractivity contribution is 5.87. The Bertz CT molecular complexity index is 685. The Morgan fingerprint density at radius 1 is 1.24 bits per heavy atom. The highest BCUT2D eigenvalue weighted by atomic mass is 19.1. The van der Waals surface area contributed by atoms with Gasteiger partial charge in [-0.25, -0.2) is 4.39 Å². The summed E-state index contributed by atoms with van der Waals surface area (Å²) in [4.78, 5) is 4.26. The summed E-state index contributed by atoms with van der Waals surface area (Å²) in [5, 5.41) is 0. The summed E-state index contributed by atoms with van der Waals surface area (Å²) in [5.41, 5.74) is 1.29. The normalized spacial score (nSPS) is 12.9. The van der Waals surface area contributed by atoms with Crippen LogP contribution < -0.4 is 14.2 Å². The molecule has 0 aromatic heterocycles. The molecule has 2 aromatic rings. The molecule has 0 unspecified atom stereocenters. The lowest BCUT2D eigenvalue weighted by molar-refractivity contribution is 0.174. The van der Waals surface area contributed by atoms with Gasteiger partial charge < -0.3 is 14.2 Å². The molecule has 0 aliphatic carbocycles. The quantitative estimate of drug-likeness (QED) is 0.805. The Morgan fingerprint density at radius 3 is 2.81 bits per heavy atom. The van der Waals surface area contributed by atoms with E-state index >= 15 is 0 Å². The van der Waals surface area contributed by atoms with Gasteiger partial charge in [-0.15, -0.1) is 0 Å².